The smallest absolute Gasteiger partial charge is 1.00 e. The van der Waals surface area contributed by atoms with Gasteiger partial charge in [-0.15, -0.1) is 67.5 Å². The van der Waals surface area contributed by atoms with Crippen LogP contribution in [0.2, 0.25) is 0 Å². The topological polar surface area (TPSA) is 0 Å². The molecule has 0 saturated heterocycles. The maximum Gasteiger partial charge on any atom is 4.00 e. The zero-order chi connectivity index (χ0) is 17.7. The summed E-state index contributed by atoms with van der Waals surface area (Å²) in [5.41, 5.74) is 5.55. The number of rotatable bonds is 3. The van der Waals surface area contributed by atoms with Gasteiger partial charge in [-0.05, 0) is 20.0 Å². The van der Waals surface area contributed by atoms with Crippen molar-refractivity contribution in [2.45, 2.75) is 34.6 Å². The normalized spacial score (nSPS) is 10.6. The first-order chi connectivity index (χ1) is 12.0. The van der Waals surface area contributed by atoms with Crippen molar-refractivity contribution in [3.63, 3.8) is 0 Å². The Kier molecular flexibility index (Phi) is 8.33. The maximum absolute atomic E-state index is 2.45. The van der Waals surface area contributed by atoms with E-state index in [1.54, 1.807) is 0 Å². The summed E-state index contributed by atoms with van der Waals surface area (Å²) >= 11 is 0. The van der Waals surface area contributed by atoms with Crippen LogP contribution in [0.1, 0.15) is 29.2 Å². The summed E-state index contributed by atoms with van der Waals surface area (Å²) in [7, 11) is -0.292. The summed E-state index contributed by atoms with van der Waals surface area (Å²) in [6, 6.07) is 18.8. The molecule has 0 heterocycles. The van der Waals surface area contributed by atoms with Gasteiger partial charge < -0.3 is 9.41 Å². The van der Waals surface area contributed by atoms with Crippen LogP contribution in [0.15, 0.2) is 48.5 Å². The van der Waals surface area contributed by atoms with Gasteiger partial charge in [-0.2, -0.15) is 12.1 Å². The minimum atomic E-state index is -0.292. The van der Waals surface area contributed by atoms with E-state index >= 15 is 0 Å². The van der Waals surface area contributed by atoms with Gasteiger partial charge in [0.2, 0.25) is 0 Å². The third-order valence-electron chi connectivity index (χ3n) is 5.55. The third-order valence-corrected chi connectivity index (χ3v) is 7.95. The van der Waals surface area contributed by atoms with Crippen LogP contribution >= 0.6 is 7.92 Å². The average molecular weight is 430 g/mol. The largest absolute Gasteiger partial charge is 4.00 e. The molecular formula is C24H25F2PTi. The van der Waals surface area contributed by atoms with Crippen molar-refractivity contribution in [3.05, 3.63) is 70.8 Å². The molecule has 28 heavy (non-hydrogen) atoms. The van der Waals surface area contributed by atoms with Crippen LogP contribution in [-0.4, -0.2) is 6.16 Å². The molecule has 0 unspecified atom stereocenters. The molecule has 4 aromatic carbocycles. The van der Waals surface area contributed by atoms with E-state index in [0.29, 0.717) is 0 Å². The summed E-state index contributed by atoms with van der Waals surface area (Å²) in [6.45, 7) is 11.2. The standard InChI is InChI=1S/C24H25P.2FH.Ti/c1-6-25(19-11-21-15(2)7-8-16(3)22(21)12-19)20-13-23-17(4)9-10-18(5)24(23)14-20;;;/h7-14H,6H2,1-5H3;2*1H;/q-2;;;+4/p-2. The van der Waals surface area contributed by atoms with Gasteiger partial charge >= 0.3 is 21.7 Å². The van der Waals surface area contributed by atoms with Crippen molar-refractivity contribution in [2.75, 3.05) is 6.16 Å². The van der Waals surface area contributed by atoms with Crippen LogP contribution in [0.4, 0.5) is 0 Å². The molecule has 144 valence electrons. The predicted octanol–water partition coefficient (Wildman–Crippen LogP) is 0.123. The Hall–Kier alpha value is -1.34. The Morgan fingerprint density at radius 2 is 1.04 bits per heavy atom. The summed E-state index contributed by atoms with van der Waals surface area (Å²) in [5, 5.41) is 8.77. The van der Waals surface area contributed by atoms with E-state index in [0.717, 1.165) is 0 Å². The fraction of sp³-hybridized carbons (Fsp3) is 0.250. The zero-order valence-electron chi connectivity index (χ0n) is 17.0. The van der Waals surface area contributed by atoms with Crippen molar-refractivity contribution >= 4 is 40.1 Å². The minimum absolute atomic E-state index is 0. The van der Waals surface area contributed by atoms with E-state index in [1.807, 2.05) is 0 Å². The fourth-order valence-corrected chi connectivity index (χ4v) is 6.14. The molecule has 0 amide bonds. The first kappa shape index (κ1) is 24.7. The monoisotopic (exact) mass is 430 g/mol. The number of fused-ring (bicyclic) bond motifs is 2. The Balaban J connectivity index is 0.00000131. The van der Waals surface area contributed by atoms with Crippen LogP contribution in [0.25, 0.3) is 21.5 Å². The molecule has 0 atom stereocenters. The molecule has 0 fully saturated rings. The molecule has 4 heteroatoms. The summed E-state index contributed by atoms with van der Waals surface area (Å²) in [5.74, 6) is 0. The van der Waals surface area contributed by atoms with Gasteiger partial charge in [-0.25, -0.2) is 0 Å². The van der Waals surface area contributed by atoms with Crippen LogP contribution in [0, 0.1) is 27.7 Å². The molecule has 0 aliphatic rings. The van der Waals surface area contributed by atoms with Gasteiger partial charge in [0.25, 0.3) is 0 Å². The first-order valence-electron chi connectivity index (χ1n) is 9.10. The molecule has 0 nitrogen and oxygen atoms in total. The fourth-order valence-electron chi connectivity index (χ4n) is 3.98. The number of hydrogen-bond acceptors (Lipinski definition) is 0. The van der Waals surface area contributed by atoms with Crippen molar-refractivity contribution < 1.29 is 31.1 Å². The van der Waals surface area contributed by atoms with Crippen molar-refractivity contribution in [2.24, 2.45) is 0 Å². The van der Waals surface area contributed by atoms with Gasteiger partial charge in [0.15, 0.2) is 0 Å². The van der Waals surface area contributed by atoms with Gasteiger partial charge in [0.1, 0.15) is 0 Å². The van der Waals surface area contributed by atoms with E-state index < -0.39 is 0 Å². The second-order valence-electron chi connectivity index (χ2n) is 7.22. The van der Waals surface area contributed by atoms with Gasteiger partial charge in [-0.3, -0.25) is 0 Å². The zero-order valence-corrected chi connectivity index (χ0v) is 19.5. The van der Waals surface area contributed by atoms with Crippen molar-refractivity contribution in [1.82, 2.24) is 0 Å². The summed E-state index contributed by atoms with van der Waals surface area (Å²) in [4.78, 5) is 0. The molecule has 0 aliphatic carbocycles. The molecular weight excluding hydrogens is 405 g/mol. The molecule has 0 aromatic heterocycles. The molecule has 0 radical (unpaired) electrons. The molecule has 4 aromatic rings. The van der Waals surface area contributed by atoms with Crippen molar-refractivity contribution in [3.8, 4) is 0 Å². The molecule has 0 bridgehead atoms. The molecule has 0 spiro atoms. The van der Waals surface area contributed by atoms with E-state index in [-0.39, 0.29) is 39.0 Å². The number of halogens is 2. The average Bonchev–Trinajstić information content (AvgIpc) is 3.22. The van der Waals surface area contributed by atoms with E-state index in [4.69, 9.17) is 0 Å². The second-order valence-corrected chi connectivity index (χ2v) is 9.75. The van der Waals surface area contributed by atoms with E-state index in [2.05, 4.69) is 83.1 Å². The van der Waals surface area contributed by atoms with Gasteiger partial charge in [0.05, 0.1) is 0 Å². The first-order valence-corrected chi connectivity index (χ1v) is 10.6. The van der Waals surface area contributed by atoms with E-state index in [1.165, 1.54) is 60.6 Å². The Morgan fingerprint density at radius 3 is 1.36 bits per heavy atom. The van der Waals surface area contributed by atoms with Crippen LogP contribution in [0.5, 0.6) is 0 Å². The molecule has 4 rings (SSSR count). The number of benzene rings is 2. The second kappa shape index (κ2) is 9.44. The van der Waals surface area contributed by atoms with Gasteiger partial charge in [0, 0.05) is 0 Å². The SMILES string of the molecule is CCP(c1cc2c(C)ccc(C)c2[cH-]1)c1cc2c(C)ccc(C)c2[cH-]1.[F-].[F-].[Ti+4]. The Bertz CT molecular complexity index is 927. The molecule has 0 N–H and O–H groups in total. The minimum Gasteiger partial charge on any atom is -1.00 e. The van der Waals surface area contributed by atoms with Crippen LogP contribution in [-0.2, 0) is 21.7 Å². The number of hydrogen-bond donors (Lipinski definition) is 0. The predicted molar refractivity (Wildman–Crippen MR) is 115 cm³/mol. The quantitative estimate of drug-likeness (QED) is 0.246. The van der Waals surface area contributed by atoms with E-state index in [9.17, 15) is 0 Å². The third kappa shape index (κ3) is 4.01. The van der Waals surface area contributed by atoms with Crippen LogP contribution in [0.3, 0.4) is 0 Å². The molecule has 0 saturated carbocycles. The summed E-state index contributed by atoms with van der Waals surface area (Å²) in [6.07, 6.45) is 1.19. The maximum atomic E-state index is 2.45. The number of aryl methyl sites for hydroxylation is 4. The Labute approximate surface area is 182 Å². The summed E-state index contributed by atoms with van der Waals surface area (Å²) < 4.78 is 0. The molecule has 0 aliphatic heterocycles. The van der Waals surface area contributed by atoms with Crippen LogP contribution < -0.4 is 20.0 Å². The van der Waals surface area contributed by atoms with Crippen molar-refractivity contribution in [1.29, 1.82) is 0 Å². The Morgan fingerprint density at radius 1 is 0.679 bits per heavy atom. The van der Waals surface area contributed by atoms with Gasteiger partial charge in [-0.1, -0.05) is 52.0 Å².